The molecule has 5 heteroatoms. The Balaban J connectivity index is 1.59. The summed E-state index contributed by atoms with van der Waals surface area (Å²) in [4.78, 5) is 17.0. The maximum absolute atomic E-state index is 12.7. The number of benzene rings is 1. The van der Waals surface area contributed by atoms with E-state index in [1.165, 1.54) is 19.3 Å². The number of likely N-dealkylation sites (N-methyl/N-ethyl adjacent to an activating group) is 1. The molecule has 1 amide bonds. The fraction of sp³-hybridized carbons (Fsp3) is 0.640. The third-order valence-electron chi connectivity index (χ3n) is 6.08. The van der Waals surface area contributed by atoms with Crippen molar-refractivity contribution in [3.63, 3.8) is 0 Å². The van der Waals surface area contributed by atoms with Gasteiger partial charge in [-0.2, -0.15) is 0 Å². The maximum Gasteiger partial charge on any atom is 0.253 e. The Morgan fingerprint density at radius 1 is 1.07 bits per heavy atom. The van der Waals surface area contributed by atoms with Gasteiger partial charge in [0.2, 0.25) is 0 Å². The van der Waals surface area contributed by atoms with E-state index in [2.05, 4.69) is 18.5 Å². The van der Waals surface area contributed by atoms with Crippen molar-refractivity contribution in [1.29, 1.82) is 0 Å². The average molecular weight is 417 g/mol. The van der Waals surface area contributed by atoms with Crippen LogP contribution in [0, 0.1) is 0 Å². The van der Waals surface area contributed by atoms with Gasteiger partial charge in [0.25, 0.3) is 5.91 Å². The van der Waals surface area contributed by atoms with Gasteiger partial charge in [-0.05, 0) is 76.4 Å². The van der Waals surface area contributed by atoms with E-state index in [-0.39, 0.29) is 5.91 Å². The summed E-state index contributed by atoms with van der Waals surface area (Å²) in [5.41, 5.74) is 0.715. The van der Waals surface area contributed by atoms with E-state index in [4.69, 9.17) is 9.47 Å². The fourth-order valence-electron chi connectivity index (χ4n) is 4.10. The van der Waals surface area contributed by atoms with Crippen LogP contribution < -0.4 is 4.74 Å². The Labute approximate surface area is 183 Å². The largest absolute Gasteiger partial charge is 0.497 e. The van der Waals surface area contributed by atoms with Crippen molar-refractivity contribution in [3.8, 4) is 5.75 Å². The first-order chi connectivity index (χ1) is 14.5. The second-order valence-electron chi connectivity index (χ2n) is 8.41. The summed E-state index contributed by atoms with van der Waals surface area (Å²) in [6.45, 7) is 6.74. The minimum atomic E-state index is 0.0840. The third kappa shape index (κ3) is 8.11. The predicted molar refractivity (Wildman–Crippen MR) is 123 cm³/mol. The van der Waals surface area contributed by atoms with Crippen molar-refractivity contribution in [3.05, 3.63) is 42.5 Å². The molecule has 0 radical (unpaired) electrons. The van der Waals surface area contributed by atoms with Gasteiger partial charge < -0.3 is 19.3 Å². The third-order valence-corrected chi connectivity index (χ3v) is 6.08. The van der Waals surface area contributed by atoms with Crippen molar-refractivity contribution in [2.24, 2.45) is 0 Å². The van der Waals surface area contributed by atoms with Gasteiger partial charge in [-0.25, -0.2) is 0 Å². The van der Waals surface area contributed by atoms with Crippen LogP contribution in [0.4, 0.5) is 0 Å². The molecule has 1 saturated carbocycles. The van der Waals surface area contributed by atoms with Crippen molar-refractivity contribution in [1.82, 2.24) is 9.80 Å². The van der Waals surface area contributed by atoms with Gasteiger partial charge in [0.1, 0.15) is 5.75 Å². The molecule has 0 N–H and O–H groups in total. The van der Waals surface area contributed by atoms with Gasteiger partial charge in [0, 0.05) is 31.8 Å². The van der Waals surface area contributed by atoms with E-state index in [0.29, 0.717) is 17.7 Å². The molecule has 1 aliphatic rings. The zero-order valence-corrected chi connectivity index (χ0v) is 19.1. The number of rotatable bonds is 13. The van der Waals surface area contributed by atoms with Crippen molar-refractivity contribution < 1.29 is 14.3 Å². The maximum atomic E-state index is 12.7. The standard InChI is InChI=1S/C25H40N2O3/c1-5-18-26(2)19-8-6-7-9-20-30-24-16-12-22(13-17-24)27(3)25(28)21-10-14-23(29-4)15-11-21/h5,10-11,14-15,22,24H,1,6-9,12-13,16-20H2,2-4H3/t22-,24-. The number of carbonyl (C=O) groups is 1. The quantitative estimate of drug-likeness (QED) is 0.343. The van der Waals surface area contributed by atoms with Crippen molar-refractivity contribution >= 4 is 5.91 Å². The van der Waals surface area contributed by atoms with E-state index in [0.717, 1.165) is 57.6 Å². The molecular formula is C25H40N2O3. The smallest absolute Gasteiger partial charge is 0.253 e. The van der Waals surface area contributed by atoms with E-state index < -0.39 is 0 Å². The number of nitrogens with zero attached hydrogens (tertiary/aromatic N) is 2. The lowest BCUT2D eigenvalue weighted by Crippen LogP contribution is -2.40. The second kappa shape index (κ2) is 13.5. The monoisotopic (exact) mass is 416 g/mol. The lowest BCUT2D eigenvalue weighted by atomic mass is 9.91. The molecule has 0 spiro atoms. The van der Waals surface area contributed by atoms with Crippen LogP contribution in [0.15, 0.2) is 36.9 Å². The fourth-order valence-corrected chi connectivity index (χ4v) is 4.10. The predicted octanol–water partition coefficient (Wildman–Crippen LogP) is 4.77. The molecule has 0 bridgehead atoms. The van der Waals surface area contributed by atoms with Gasteiger partial charge in [0.05, 0.1) is 13.2 Å². The summed E-state index contributed by atoms with van der Waals surface area (Å²) in [6.07, 6.45) is 11.3. The topological polar surface area (TPSA) is 42.0 Å². The summed E-state index contributed by atoms with van der Waals surface area (Å²) in [6, 6.07) is 7.65. The van der Waals surface area contributed by atoms with Crippen LogP contribution >= 0.6 is 0 Å². The van der Waals surface area contributed by atoms with Crippen molar-refractivity contribution in [2.75, 3.05) is 40.9 Å². The van der Waals surface area contributed by atoms with Gasteiger partial charge >= 0.3 is 0 Å². The van der Waals surface area contributed by atoms with Gasteiger partial charge in [-0.1, -0.05) is 18.9 Å². The summed E-state index contributed by atoms with van der Waals surface area (Å²) in [5, 5.41) is 0. The lowest BCUT2D eigenvalue weighted by molar-refractivity contribution is 0.00908. The molecule has 168 valence electrons. The number of carbonyl (C=O) groups excluding carboxylic acids is 1. The zero-order valence-electron chi connectivity index (χ0n) is 19.1. The highest BCUT2D eigenvalue weighted by Crippen LogP contribution is 2.26. The first-order valence-electron chi connectivity index (χ1n) is 11.4. The second-order valence-corrected chi connectivity index (χ2v) is 8.41. The van der Waals surface area contributed by atoms with Crippen LogP contribution in [-0.2, 0) is 4.74 Å². The van der Waals surface area contributed by atoms with Crippen LogP contribution in [0.5, 0.6) is 5.75 Å². The number of unbranched alkanes of at least 4 members (excludes halogenated alkanes) is 3. The van der Waals surface area contributed by atoms with Gasteiger partial charge in [-0.3, -0.25) is 4.79 Å². The first-order valence-corrected chi connectivity index (χ1v) is 11.4. The Morgan fingerprint density at radius 2 is 1.73 bits per heavy atom. The highest BCUT2D eigenvalue weighted by molar-refractivity contribution is 5.94. The molecule has 0 unspecified atom stereocenters. The zero-order chi connectivity index (χ0) is 21.8. The molecule has 1 aromatic carbocycles. The molecule has 0 aromatic heterocycles. The highest BCUT2D eigenvalue weighted by atomic mass is 16.5. The van der Waals surface area contributed by atoms with E-state index in [9.17, 15) is 4.79 Å². The Kier molecular flexibility index (Phi) is 11.0. The average Bonchev–Trinajstić information content (AvgIpc) is 2.78. The number of amides is 1. The molecule has 5 nitrogen and oxygen atoms in total. The molecule has 0 heterocycles. The number of methoxy groups -OCH3 is 1. The molecule has 1 fully saturated rings. The lowest BCUT2D eigenvalue weighted by Gasteiger charge is -2.34. The van der Waals surface area contributed by atoms with Crippen LogP contribution in [0.2, 0.25) is 0 Å². The van der Waals surface area contributed by atoms with Crippen LogP contribution in [0.3, 0.4) is 0 Å². The Morgan fingerprint density at radius 3 is 2.37 bits per heavy atom. The summed E-state index contributed by atoms with van der Waals surface area (Å²) in [7, 11) is 5.70. The van der Waals surface area contributed by atoms with Gasteiger partial charge in [-0.15, -0.1) is 6.58 Å². The van der Waals surface area contributed by atoms with Crippen molar-refractivity contribution in [2.45, 2.75) is 63.5 Å². The summed E-state index contributed by atoms with van der Waals surface area (Å²) >= 11 is 0. The van der Waals surface area contributed by atoms with E-state index in [1.54, 1.807) is 7.11 Å². The highest BCUT2D eigenvalue weighted by Gasteiger charge is 2.27. The number of hydrogen-bond donors (Lipinski definition) is 0. The first kappa shape index (κ1) is 24.4. The molecule has 0 atom stereocenters. The summed E-state index contributed by atoms with van der Waals surface area (Å²) < 4.78 is 11.3. The SMILES string of the molecule is C=CCN(C)CCCCCCO[C@H]1CC[C@H](N(C)C(=O)c2ccc(OC)cc2)CC1. The van der Waals surface area contributed by atoms with E-state index >= 15 is 0 Å². The molecule has 1 aromatic rings. The van der Waals surface area contributed by atoms with Crippen LogP contribution in [-0.4, -0.2) is 68.8 Å². The molecule has 30 heavy (non-hydrogen) atoms. The summed E-state index contributed by atoms with van der Waals surface area (Å²) in [5.74, 6) is 0.854. The molecule has 0 saturated heterocycles. The number of hydrogen-bond acceptors (Lipinski definition) is 4. The minimum Gasteiger partial charge on any atom is -0.497 e. The minimum absolute atomic E-state index is 0.0840. The normalized spacial score (nSPS) is 18.9. The number of ether oxygens (including phenoxy) is 2. The Bertz CT molecular complexity index is 624. The molecular weight excluding hydrogens is 376 g/mol. The van der Waals surface area contributed by atoms with Crippen LogP contribution in [0.1, 0.15) is 61.7 Å². The molecule has 0 aliphatic heterocycles. The molecule has 2 rings (SSSR count). The van der Waals surface area contributed by atoms with Crippen LogP contribution in [0.25, 0.3) is 0 Å². The molecule has 1 aliphatic carbocycles. The van der Waals surface area contributed by atoms with Gasteiger partial charge in [0.15, 0.2) is 0 Å². The Hall–Kier alpha value is -1.85. The van der Waals surface area contributed by atoms with E-state index in [1.807, 2.05) is 42.3 Å².